The molecule has 1 N–H and O–H groups in total. The van der Waals surface area contributed by atoms with Crippen LogP contribution in [0.4, 0.5) is 5.13 Å². The fraction of sp³-hybridized carbons (Fsp3) is 0.714. The van der Waals surface area contributed by atoms with Crippen LogP contribution in [-0.4, -0.2) is 39.0 Å². The van der Waals surface area contributed by atoms with Crippen molar-refractivity contribution in [2.45, 2.75) is 52.5 Å². The lowest BCUT2D eigenvalue weighted by atomic mass is 10.1. The monoisotopic (exact) mass is 310 g/mol. The quantitative estimate of drug-likeness (QED) is 0.929. The summed E-state index contributed by atoms with van der Waals surface area (Å²) in [4.78, 5) is 26.0. The Kier molecular flexibility index (Phi) is 4.32. The summed E-state index contributed by atoms with van der Waals surface area (Å²) in [7, 11) is 0. The van der Waals surface area contributed by atoms with Crippen molar-refractivity contribution in [1.29, 1.82) is 0 Å². The minimum absolute atomic E-state index is 0.0304. The number of amides is 2. The Hall–Kier alpha value is -1.50. The lowest BCUT2D eigenvalue weighted by Crippen LogP contribution is -2.42. The summed E-state index contributed by atoms with van der Waals surface area (Å²) < 4.78 is 0. The first kappa shape index (κ1) is 15.9. The van der Waals surface area contributed by atoms with E-state index in [1.807, 2.05) is 34.6 Å². The molecule has 0 spiro atoms. The van der Waals surface area contributed by atoms with Gasteiger partial charge in [0.05, 0.1) is 5.92 Å². The normalized spacial score (nSPS) is 19.4. The van der Waals surface area contributed by atoms with E-state index in [0.717, 1.165) is 5.01 Å². The number of nitrogens with zero attached hydrogens (tertiary/aromatic N) is 3. The Labute approximate surface area is 128 Å². The molecule has 2 heterocycles. The van der Waals surface area contributed by atoms with Crippen LogP contribution in [-0.2, 0) is 9.59 Å². The van der Waals surface area contributed by atoms with Crippen LogP contribution in [0.5, 0.6) is 0 Å². The van der Waals surface area contributed by atoms with Crippen molar-refractivity contribution in [3.05, 3.63) is 5.01 Å². The number of likely N-dealkylation sites (tertiary alicyclic amines) is 1. The highest BCUT2D eigenvalue weighted by Crippen LogP contribution is 2.28. The SMILES string of the molecule is CC(C)c1nnc(NC(=O)[C@@H]2CC(=O)N(C(C)(C)C)C2)s1. The minimum Gasteiger partial charge on any atom is -0.337 e. The van der Waals surface area contributed by atoms with Crippen molar-refractivity contribution >= 4 is 28.3 Å². The van der Waals surface area contributed by atoms with Crippen LogP contribution >= 0.6 is 11.3 Å². The Morgan fingerprint density at radius 1 is 1.38 bits per heavy atom. The summed E-state index contributed by atoms with van der Waals surface area (Å²) in [5.41, 5.74) is -0.250. The van der Waals surface area contributed by atoms with E-state index >= 15 is 0 Å². The molecule has 6 nitrogen and oxygen atoms in total. The Balaban J connectivity index is 2.00. The first-order chi connectivity index (χ1) is 9.68. The molecule has 0 radical (unpaired) electrons. The molecular formula is C14H22N4O2S. The average Bonchev–Trinajstić information content (AvgIpc) is 2.94. The van der Waals surface area contributed by atoms with Gasteiger partial charge in [-0.05, 0) is 20.8 Å². The third-order valence-corrected chi connectivity index (χ3v) is 4.61. The van der Waals surface area contributed by atoms with Gasteiger partial charge in [-0.2, -0.15) is 0 Å². The number of hydrogen-bond acceptors (Lipinski definition) is 5. The molecule has 0 aliphatic carbocycles. The summed E-state index contributed by atoms with van der Waals surface area (Å²) in [6, 6.07) is 0. The number of hydrogen-bond donors (Lipinski definition) is 1. The van der Waals surface area contributed by atoms with Crippen LogP contribution in [0.1, 0.15) is 52.0 Å². The highest BCUT2D eigenvalue weighted by atomic mass is 32.1. The van der Waals surface area contributed by atoms with Crippen LogP contribution in [0.25, 0.3) is 0 Å². The Bertz CT molecular complexity index is 547. The van der Waals surface area contributed by atoms with Gasteiger partial charge in [0.25, 0.3) is 0 Å². The van der Waals surface area contributed by atoms with E-state index in [-0.39, 0.29) is 35.6 Å². The fourth-order valence-corrected chi connectivity index (χ4v) is 3.01. The molecule has 1 aliphatic heterocycles. The van der Waals surface area contributed by atoms with Crippen molar-refractivity contribution in [2.75, 3.05) is 11.9 Å². The first-order valence-corrected chi connectivity index (χ1v) is 7.95. The van der Waals surface area contributed by atoms with Crippen LogP contribution < -0.4 is 5.32 Å². The van der Waals surface area contributed by atoms with Crippen molar-refractivity contribution in [3.63, 3.8) is 0 Å². The van der Waals surface area contributed by atoms with Gasteiger partial charge in [0, 0.05) is 24.4 Å². The van der Waals surface area contributed by atoms with Crippen LogP contribution in [0, 0.1) is 5.92 Å². The van der Waals surface area contributed by atoms with E-state index < -0.39 is 0 Å². The van der Waals surface area contributed by atoms with Gasteiger partial charge in [0.15, 0.2) is 0 Å². The molecule has 1 aliphatic rings. The lowest BCUT2D eigenvalue weighted by Gasteiger charge is -2.31. The summed E-state index contributed by atoms with van der Waals surface area (Å²) in [6.45, 7) is 10.5. The molecule has 2 rings (SSSR count). The van der Waals surface area contributed by atoms with Gasteiger partial charge >= 0.3 is 0 Å². The van der Waals surface area contributed by atoms with Crippen LogP contribution in [0.2, 0.25) is 0 Å². The second-order valence-corrected chi connectivity index (χ2v) is 7.67. The summed E-state index contributed by atoms with van der Waals surface area (Å²) >= 11 is 1.38. The third kappa shape index (κ3) is 3.58. The largest absolute Gasteiger partial charge is 0.337 e. The van der Waals surface area contributed by atoms with Gasteiger partial charge in [-0.25, -0.2) is 0 Å². The van der Waals surface area contributed by atoms with E-state index in [1.165, 1.54) is 11.3 Å². The summed E-state index contributed by atoms with van der Waals surface area (Å²) in [5.74, 6) is -0.148. The van der Waals surface area contributed by atoms with E-state index in [4.69, 9.17) is 0 Å². The lowest BCUT2D eigenvalue weighted by molar-refractivity contribution is -0.131. The van der Waals surface area contributed by atoms with E-state index in [2.05, 4.69) is 15.5 Å². The molecule has 0 unspecified atom stereocenters. The highest BCUT2D eigenvalue weighted by Gasteiger charge is 2.39. The number of anilines is 1. The van der Waals surface area contributed by atoms with Crippen molar-refractivity contribution in [2.24, 2.45) is 5.92 Å². The summed E-state index contributed by atoms with van der Waals surface area (Å²) in [5, 5.41) is 12.2. The zero-order chi connectivity index (χ0) is 15.8. The topological polar surface area (TPSA) is 75.2 Å². The zero-order valence-corrected chi connectivity index (χ0v) is 14.0. The van der Waals surface area contributed by atoms with E-state index in [1.54, 1.807) is 4.90 Å². The molecule has 2 amide bonds. The Morgan fingerprint density at radius 3 is 2.52 bits per heavy atom. The maximum absolute atomic E-state index is 12.3. The van der Waals surface area contributed by atoms with Gasteiger partial charge in [-0.3, -0.25) is 9.59 Å². The molecule has 0 saturated carbocycles. The Morgan fingerprint density at radius 2 is 2.05 bits per heavy atom. The second kappa shape index (κ2) is 5.71. The fourth-order valence-electron chi connectivity index (χ4n) is 2.26. The predicted molar refractivity (Wildman–Crippen MR) is 82.2 cm³/mol. The number of aromatic nitrogens is 2. The molecule has 1 aromatic rings. The van der Waals surface area contributed by atoms with Crippen LogP contribution in [0.15, 0.2) is 0 Å². The number of carbonyl (C=O) groups is 2. The molecule has 1 fully saturated rings. The smallest absolute Gasteiger partial charge is 0.231 e. The molecule has 1 saturated heterocycles. The number of carbonyl (C=O) groups excluding carboxylic acids is 2. The van der Waals surface area contributed by atoms with Crippen LogP contribution in [0.3, 0.4) is 0 Å². The molecule has 0 aromatic carbocycles. The predicted octanol–water partition coefficient (Wildman–Crippen LogP) is 2.25. The third-order valence-electron chi connectivity index (χ3n) is 3.47. The molecule has 21 heavy (non-hydrogen) atoms. The standard InChI is InChI=1S/C14H22N4O2S/c1-8(2)12-16-17-13(21-12)15-11(20)9-6-10(19)18(7-9)14(3,4)5/h8-9H,6-7H2,1-5H3,(H,15,17,20)/t9-/m1/s1. The molecule has 0 bridgehead atoms. The number of nitrogens with one attached hydrogen (secondary N) is 1. The van der Waals surface area contributed by atoms with E-state index in [0.29, 0.717) is 11.7 Å². The zero-order valence-electron chi connectivity index (χ0n) is 13.1. The second-order valence-electron chi connectivity index (χ2n) is 6.67. The number of rotatable bonds is 3. The van der Waals surface area contributed by atoms with Gasteiger partial charge in [0.1, 0.15) is 5.01 Å². The van der Waals surface area contributed by atoms with Crippen molar-refractivity contribution in [3.8, 4) is 0 Å². The molecule has 1 aromatic heterocycles. The van der Waals surface area contributed by atoms with Gasteiger partial charge in [-0.1, -0.05) is 25.2 Å². The maximum atomic E-state index is 12.3. The van der Waals surface area contributed by atoms with Crippen molar-refractivity contribution in [1.82, 2.24) is 15.1 Å². The molecule has 1 atom stereocenters. The minimum atomic E-state index is -0.317. The first-order valence-electron chi connectivity index (χ1n) is 7.13. The maximum Gasteiger partial charge on any atom is 0.231 e. The van der Waals surface area contributed by atoms with E-state index in [9.17, 15) is 9.59 Å². The molecule has 116 valence electrons. The van der Waals surface area contributed by atoms with Gasteiger partial charge < -0.3 is 10.2 Å². The molecular weight excluding hydrogens is 288 g/mol. The van der Waals surface area contributed by atoms with Crippen molar-refractivity contribution < 1.29 is 9.59 Å². The van der Waals surface area contributed by atoms with Gasteiger partial charge in [0.2, 0.25) is 16.9 Å². The van der Waals surface area contributed by atoms with Gasteiger partial charge in [-0.15, -0.1) is 10.2 Å². The average molecular weight is 310 g/mol. The highest BCUT2D eigenvalue weighted by molar-refractivity contribution is 7.15. The summed E-state index contributed by atoms with van der Waals surface area (Å²) in [6.07, 6.45) is 0.263. The molecule has 7 heteroatoms.